The fraction of sp³-hybridized carbons (Fsp3) is 0.188. The van der Waals surface area contributed by atoms with E-state index >= 15 is 0 Å². The lowest BCUT2D eigenvalue weighted by Gasteiger charge is -2.13. The molecular formula is C16H15Cl2NO3. The first-order valence-electron chi connectivity index (χ1n) is 6.58. The van der Waals surface area contributed by atoms with Gasteiger partial charge in [0.25, 0.3) is 0 Å². The number of hydrogen-bond donors (Lipinski definition) is 3. The zero-order valence-electron chi connectivity index (χ0n) is 11.8. The number of aliphatic hydroxyl groups is 1. The Labute approximate surface area is 138 Å². The highest BCUT2D eigenvalue weighted by molar-refractivity contribution is 6.34. The van der Waals surface area contributed by atoms with E-state index in [4.69, 9.17) is 23.2 Å². The minimum atomic E-state index is -1.01. The Morgan fingerprint density at radius 1 is 1.18 bits per heavy atom. The lowest BCUT2D eigenvalue weighted by atomic mass is 10.1. The molecular weight excluding hydrogens is 325 g/mol. The van der Waals surface area contributed by atoms with Crippen molar-refractivity contribution in [2.75, 3.05) is 5.32 Å². The smallest absolute Gasteiger partial charge is 0.227 e. The topological polar surface area (TPSA) is 69.6 Å². The number of phenolic OH excluding ortho intramolecular Hbond substituents is 1. The number of carbonyl (C=O) groups excluding carboxylic acids is 1. The average molecular weight is 340 g/mol. The zero-order chi connectivity index (χ0) is 16.3. The van der Waals surface area contributed by atoms with E-state index in [0.29, 0.717) is 21.3 Å². The number of aromatic hydroxyl groups is 1. The van der Waals surface area contributed by atoms with Gasteiger partial charge in [-0.25, -0.2) is 0 Å². The molecule has 1 amide bonds. The van der Waals surface area contributed by atoms with E-state index in [1.54, 1.807) is 37.3 Å². The Balaban J connectivity index is 2.05. The van der Waals surface area contributed by atoms with Crippen molar-refractivity contribution < 1.29 is 15.0 Å². The summed E-state index contributed by atoms with van der Waals surface area (Å²) in [6.07, 6.45) is -1.13. The maximum Gasteiger partial charge on any atom is 0.227 e. The molecule has 0 aliphatic carbocycles. The molecule has 2 rings (SSSR count). The molecule has 0 bridgehead atoms. The molecule has 2 aromatic rings. The van der Waals surface area contributed by atoms with E-state index < -0.39 is 6.10 Å². The van der Waals surface area contributed by atoms with Crippen LogP contribution >= 0.6 is 23.2 Å². The third-order valence-corrected chi connectivity index (χ3v) is 3.57. The molecule has 3 N–H and O–H groups in total. The average Bonchev–Trinajstić information content (AvgIpc) is 2.40. The number of amides is 1. The maximum atomic E-state index is 12.0. The molecule has 0 aliphatic rings. The highest BCUT2D eigenvalue weighted by Gasteiger charge is 2.15. The Bertz CT molecular complexity index is 684. The second-order valence-corrected chi connectivity index (χ2v) is 5.84. The standard InChI is InChI=1S/C16H15Cl2NO3/c1-9-4-13(20)2-3-14(9)19-16(22)8-15(21)10-5-11(17)7-12(18)6-10/h2-7,15,20-21H,8H2,1H3,(H,19,22). The van der Waals surface area contributed by atoms with Gasteiger partial charge in [0.05, 0.1) is 12.5 Å². The van der Waals surface area contributed by atoms with Crippen molar-refractivity contribution in [2.24, 2.45) is 0 Å². The summed E-state index contributed by atoms with van der Waals surface area (Å²) in [6.45, 7) is 1.77. The van der Waals surface area contributed by atoms with Gasteiger partial charge in [0.2, 0.25) is 5.91 Å². The molecule has 0 radical (unpaired) electrons. The Morgan fingerprint density at radius 2 is 1.82 bits per heavy atom. The van der Waals surface area contributed by atoms with Gasteiger partial charge in [0.15, 0.2) is 0 Å². The van der Waals surface area contributed by atoms with Crippen molar-refractivity contribution in [1.29, 1.82) is 0 Å². The number of halogens is 2. The van der Waals surface area contributed by atoms with Crippen LogP contribution in [-0.4, -0.2) is 16.1 Å². The minimum Gasteiger partial charge on any atom is -0.508 e. The molecule has 0 spiro atoms. The number of aliphatic hydroxyl groups excluding tert-OH is 1. The van der Waals surface area contributed by atoms with Crippen LogP contribution in [0.5, 0.6) is 5.75 Å². The number of benzene rings is 2. The van der Waals surface area contributed by atoms with Crippen LogP contribution in [0, 0.1) is 6.92 Å². The highest BCUT2D eigenvalue weighted by atomic mass is 35.5. The molecule has 0 aromatic heterocycles. The lowest BCUT2D eigenvalue weighted by Crippen LogP contribution is -2.16. The van der Waals surface area contributed by atoms with E-state index in [0.717, 1.165) is 5.56 Å². The van der Waals surface area contributed by atoms with E-state index in [-0.39, 0.29) is 18.1 Å². The van der Waals surface area contributed by atoms with Gasteiger partial charge in [-0.1, -0.05) is 23.2 Å². The molecule has 0 heterocycles. The van der Waals surface area contributed by atoms with Gasteiger partial charge in [-0.2, -0.15) is 0 Å². The monoisotopic (exact) mass is 339 g/mol. The molecule has 2 aromatic carbocycles. The van der Waals surface area contributed by atoms with Crippen molar-refractivity contribution in [3.8, 4) is 5.75 Å². The number of carbonyl (C=O) groups is 1. The first-order valence-corrected chi connectivity index (χ1v) is 7.34. The van der Waals surface area contributed by atoms with E-state index in [1.807, 2.05) is 0 Å². The van der Waals surface area contributed by atoms with Crippen molar-refractivity contribution in [1.82, 2.24) is 0 Å². The maximum absolute atomic E-state index is 12.0. The van der Waals surface area contributed by atoms with E-state index in [2.05, 4.69) is 5.32 Å². The number of rotatable bonds is 4. The summed E-state index contributed by atoms with van der Waals surface area (Å²) in [5.41, 5.74) is 1.79. The largest absolute Gasteiger partial charge is 0.508 e. The van der Waals surface area contributed by atoms with Crippen LogP contribution in [0.4, 0.5) is 5.69 Å². The molecule has 0 saturated heterocycles. The van der Waals surface area contributed by atoms with Crippen LogP contribution in [0.15, 0.2) is 36.4 Å². The molecule has 0 saturated carbocycles. The normalized spacial score (nSPS) is 12.0. The number of hydrogen-bond acceptors (Lipinski definition) is 3. The molecule has 1 atom stereocenters. The summed E-state index contributed by atoms with van der Waals surface area (Å²) in [4.78, 5) is 12.0. The van der Waals surface area contributed by atoms with Crippen molar-refractivity contribution in [2.45, 2.75) is 19.4 Å². The Kier molecular flexibility index (Phi) is 5.29. The van der Waals surface area contributed by atoms with Crippen molar-refractivity contribution >= 4 is 34.8 Å². The van der Waals surface area contributed by atoms with Crippen molar-refractivity contribution in [3.63, 3.8) is 0 Å². The van der Waals surface area contributed by atoms with Gasteiger partial charge < -0.3 is 15.5 Å². The van der Waals surface area contributed by atoms with E-state index in [1.165, 1.54) is 6.07 Å². The predicted octanol–water partition coefficient (Wildman–Crippen LogP) is 4.07. The van der Waals surface area contributed by atoms with Gasteiger partial charge >= 0.3 is 0 Å². The van der Waals surface area contributed by atoms with Crippen LogP contribution in [0.25, 0.3) is 0 Å². The summed E-state index contributed by atoms with van der Waals surface area (Å²) in [6, 6.07) is 9.32. The van der Waals surface area contributed by atoms with Crippen LogP contribution < -0.4 is 5.32 Å². The van der Waals surface area contributed by atoms with Crippen LogP contribution in [0.1, 0.15) is 23.7 Å². The van der Waals surface area contributed by atoms with Gasteiger partial charge in [0, 0.05) is 15.7 Å². The highest BCUT2D eigenvalue weighted by Crippen LogP contribution is 2.26. The summed E-state index contributed by atoms with van der Waals surface area (Å²) < 4.78 is 0. The molecule has 116 valence electrons. The Morgan fingerprint density at radius 3 is 2.41 bits per heavy atom. The first-order chi connectivity index (χ1) is 10.3. The molecule has 0 fully saturated rings. The number of aryl methyl sites for hydroxylation is 1. The molecule has 6 heteroatoms. The fourth-order valence-electron chi connectivity index (χ4n) is 2.05. The number of phenols is 1. The third kappa shape index (κ3) is 4.37. The third-order valence-electron chi connectivity index (χ3n) is 3.13. The van der Waals surface area contributed by atoms with Crippen LogP contribution in [0.2, 0.25) is 10.0 Å². The number of nitrogens with one attached hydrogen (secondary N) is 1. The van der Waals surface area contributed by atoms with Gasteiger partial charge in [0.1, 0.15) is 5.75 Å². The quantitative estimate of drug-likeness (QED) is 0.735. The SMILES string of the molecule is Cc1cc(O)ccc1NC(=O)CC(O)c1cc(Cl)cc(Cl)c1. The zero-order valence-corrected chi connectivity index (χ0v) is 13.3. The van der Waals surface area contributed by atoms with Crippen LogP contribution in [0.3, 0.4) is 0 Å². The first kappa shape index (κ1) is 16.6. The predicted molar refractivity (Wildman–Crippen MR) is 87.5 cm³/mol. The second kappa shape index (κ2) is 7.01. The lowest BCUT2D eigenvalue weighted by molar-refractivity contribution is -0.118. The number of anilines is 1. The van der Waals surface area contributed by atoms with E-state index in [9.17, 15) is 15.0 Å². The Hall–Kier alpha value is -1.75. The van der Waals surface area contributed by atoms with Gasteiger partial charge in [-0.05, 0) is 54.4 Å². The van der Waals surface area contributed by atoms with Gasteiger partial charge in [-0.3, -0.25) is 4.79 Å². The molecule has 22 heavy (non-hydrogen) atoms. The summed E-state index contributed by atoms with van der Waals surface area (Å²) in [5, 5.41) is 22.9. The molecule has 4 nitrogen and oxygen atoms in total. The second-order valence-electron chi connectivity index (χ2n) is 4.97. The molecule has 1 unspecified atom stereocenters. The van der Waals surface area contributed by atoms with Crippen LogP contribution in [-0.2, 0) is 4.79 Å². The summed E-state index contributed by atoms with van der Waals surface area (Å²) >= 11 is 11.8. The fourth-order valence-corrected chi connectivity index (χ4v) is 2.59. The summed E-state index contributed by atoms with van der Waals surface area (Å²) in [5.74, 6) is -0.221. The minimum absolute atomic E-state index is 0.128. The van der Waals surface area contributed by atoms with Gasteiger partial charge in [-0.15, -0.1) is 0 Å². The summed E-state index contributed by atoms with van der Waals surface area (Å²) in [7, 11) is 0. The molecule has 0 aliphatic heterocycles. The van der Waals surface area contributed by atoms with Crippen molar-refractivity contribution in [3.05, 3.63) is 57.6 Å².